The Hall–Kier alpha value is -2.86. The maximum Gasteiger partial charge on any atom is 0.258 e. The Kier molecular flexibility index (Phi) is 4.58. The number of aromatic nitrogens is 2. The molecule has 2 aromatic carbocycles. The normalized spacial score (nSPS) is 15.3. The molecule has 6 heteroatoms. The minimum absolute atomic E-state index is 0.0711. The molecule has 1 N–H and O–H groups in total. The maximum absolute atomic E-state index is 12.2. The molecule has 0 unspecified atom stereocenters. The van der Waals surface area contributed by atoms with E-state index in [2.05, 4.69) is 25.8 Å². The molecule has 26 heavy (non-hydrogen) atoms. The molecule has 0 atom stereocenters. The van der Waals surface area contributed by atoms with E-state index in [0.29, 0.717) is 11.9 Å². The quantitative estimate of drug-likeness (QED) is 0.782. The van der Waals surface area contributed by atoms with Crippen LogP contribution >= 0.6 is 0 Å². The summed E-state index contributed by atoms with van der Waals surface area (Å²) in [5.74, 6) is 1.63. The zero-order valence-corrected chi connectivity index (χ0v) is 14.8. The van der Waals surface area contributed by atoms with Crippen LogP contribution in [0.5, 0.6) is 5.75 Å². The van der Waals surface area contributed by atoms with E-state index in [0.717, 1.165) is 49.0 Å². The molecule has 6 nitrogen and oxygen atoms in total. The molecule has 1 saturated heterocycles. The van der Waals surface area contributed by atoms with Gasteiger partial charge in [0.1, 0.15) is 11.6 Å². The number of hydrogen-bond donors (Lipinski definition) is 1. The number of methoxy groups -OCH3 is 1. The fourth-order valence-electron chi connectivity index (χ4n) is 3.46. The number of benzene rings is 2. The molecule has 1 aromatic heterocycles. The highest BCUT2D eigenvalue weighted by molar-refractivity contribution is 5.77. The molecule has 1 aliphatic rings. The van der Waals surface area contributed by atoms with E-state index in [4.69, 9.17) is 4.74 Å². The van der Waals surface area contributed by atoms with Gasteiger partial charge in [0, 0.05) is 26.2 Å². The van der Waals surface area contributed by atoms with Crippen LogP contribution in [0.25, 0.3) is 10.9 Å². The molecule has 0 aliphatic carbocycles. The molecule has 0 saturated carbocycles. The first kappa shape index (κ1) is 16.6. The highest BCUT2D eigenvalue weighted by atomic mass is 16.5. The number of nitrogens with one attached hydrogen (secondary N) is 1. The van der Waals surface area contributed by atoms with Gasteiger partial charge in [-0.15, -0.1) is 0 Å². The van der Waals surface area contributed by atoms with E-state index >= 15 is 0 Å². The van der Waals surface area contributed by atoms with E-state index in [1.54, 1.807) is 13.2 Å². The third-order valence-corrected chi connectivity index (χ3v) is 4.83. The van der Waals surface area contributed by atoms with Crippen LogP contribution in [0.3, 0.4) is 0 Å². The van der Waals surface area contributed by atoms with Crippen molar-refractivity contribution >= 4 is 16.6 Å². The number of piperazine rings is 1. The lowest BCUT2D eigenvalue weighted by atomic mass is 10.2. The second-order valence-electron chi connectivity index (χ2n) is 6.46. The van der Waals surface area contributed by atoms with Crippen LogP contribution in [0, 0.1) is 0 Å². The summed E-state index contributed by atoms with van der Waals surface area (Å²) < 4.78 is 5.47. The summed E-state index contributed by atoms with van der Waals surface area (Å²) >= 11 is 0. The van der Waals surface area contributed by atoms with Crippen molar-refractivity contribution in [3.8, 4) is 5.75 Å². The fourth-order valence-corrected chi connectivity index (χ4v) is 3.46. The Morgan fingerprint density at radius 2 is 1.77 bits per heavy atom. The van der Waals surface area contributed by atoms with Gasteiger partial charge < -0.3 is 14.6 Å². The zero-order valence-electron chi connectivity index (χ0n) is 14.8. The van der Waals surface area contributed by atoms with Gasteiger partial charge in [-0.2, -0.15) is 0 Å². The van der Waals surface area contributed by atoms with Crippen molar-refractivity contribution in [2.45, 2.75) is 6.54 Å². The number of fused-ring (bicyclic) bond motifs is 1. The molecule has 0 spiro atoms. The molecule has 1 aliphatic heterocycles. The minimum Gasteiger partial charge on any atom is -0.495 e. The van der Waals surface area contributed by atoms with E-state index in [-0.39, 0.29) is 5.56 Å². The lowest BCUT2D eigenvalue weighted by Crippen LogP contribution is -2.46. The average molecular weight is 350 g/mol. The van der Waals surface area contributed by atoms with Crippen molar-refractivity contribution in [2.24, 2.45) is 0 Å². The number of anilines is 1. The smallest absolute Gasteiger partial charge is 0.258 e. The second-order valence-corrected chi connectivity index (χ2v) is 6.46. The molecule has 134 valence electrons. The number of aromatic amines is 1. The molecule has 3 aromatic rings. The number of para-hydroxylation sites is 3. The van der Waals surface area contributed by atoms with E-state index in [9.17, 15) is 4.79 Å². The van der Waals surface area contributed by atoms with Gasteiger partial charge >= 0.3 is 0 Å². The molecule has 0 amide bonds. The van der Waals surface area contributed by atoms with Crippen molar-refractivity contribution < 1.29 is 4.74 Å². The third kappa shape index (κ3) is 3.28. The predicted molar refractivity (Wildman–Crippen MR) is 103 cm³/mol. The van der Waals surface area contributed by atoms with Crippen LogP contribution < -0.4 is 15.2 Å². The van der Waals surface area contributed by atoms with Gasteiger partial charge in [-0.1, -0.05) is 24.3 Å². The Morgan fingerprint density at radius 3 is 2.58 bits per heavy atom. The summed E-state index contributed by atoms with van der Waals surface area (Å²) in [6.45, 7) is 4.30. The molecule has 2 heterocycles. The van der Waals surface area contributed by atoms with Gasteiger partial charge in [0.05, 0.1) is 30.2 Å². The Bertz CT molecular complexity index is 961. The topological polar surface area (TPSA) is 61.5 Å². The number of H-pyrrole nitrogens is 1. The first-order chi connectivity index (χ1) is 12.7. The van der Waals surface area contributed by atoms with Crippen LogP contribution in [0.1, 0.15) is 5.82 Å². The first-order valence-corrected chi connectivity index (χ1v) is 8.83. The van der Waals surface area contributed by atoms with E-state index < -0.39 is 0 Å². The molecule has 0 bridgehead atoms. The summed E-state index contributed by atoms with van der Waals surface area (Å²) in [6.07, 6.45) is 0. The van der Waals surface area contributed by atoms with Gasteiger partial charge in [-0.05, 0) is 24.3 Å². The second kappa shape index (κ2) is 7.17. The van der Waals surface area contributed by atoms with Crippen molar-refractivity contribution in [1.82, 2.24) is 14.9 Å². The molecular weight excluding hydrogens is 328 g/mol. The Labute approximate surface area is 152 Å². The van der Waals surface area contributed by atoms with E-state index in [1.165, 1.54) is 0 Å². The molecule has 1 fully saturated rings. The highest BCUT2D eigenvalue weighted by Crippen LogP contribution is 2.28. The standard InChI is InChI=1S/C20H22N4O2/c1-26-18-9-5-4-8-17(18)24-12-10-23(11-13-24)14-19-21-16-7-3-2-6-15(16)20(25)22-19/h2-9H,10-14H2,1H3,(H,21,22,25). The van der Waals surface area contributed by atoms with Gasteiger partial charge in [-0.3, -0.25) is 9.69 Å². The largest absolute Gasteiger partial charge is 0.495 e. The highest BCUT2D eigenvalue weighted by Gasteiger charge is 2.20. The van der Waals surface area contributed by atoms with Crippen molar-refractivity contribution in [1.29, 1.82) is 0 Å². The van der Waals surface area contributed by atoms with Crippen molar-refractivity contribution in [3.63, 3.8) is 0 Å². The Balaban J connectivity index is 1.45. The minimum atomic E-state index is -0.0711. The first-order valence-electron chi connectivity index (χ1n) is 8.83. The molecular formula is C20H22N4O2. The van der Waals surface area contributed by atoms with Crippen LogP contribution in [-0.2, 0) is 6.54 Å². The van der Waals surface area contributed by atoms with Gasteiger partial charge in [-0.25, -0.2) is 4.98 Å². The van der Waals surface area contributed by atoms with Crippen LogP contribution in [0.4, 0.5) is 5.69 Å². The number of hydrogen-bond acceptors (Lipinski definition) is 5. The number of ether oxygens (including phenoxy) is 1. The van der Waals surface area contributed by atoms with E-state index in [1.807, 2.05) is 36.4 Å². The van der Waals surface area contributed by atoms with Crippen molar-refractivity contribution in [3.05, 3.63) is 64.7 Å². The summed E-state index contributed by atoms with van der Waals surface area (Å²) in [6, 6.07) is 15.6. The maximum atomic E-state index is 12.2. The van der Waals surface area contributed by atoms with Crippen LogP contribution in [-0.4, -0.2) is 48.2 Å². The van der Waals surface area contributed by atoms with Gasteiger partial charge in [0.25, 0.3) is 5.56 Å². The number of rotatable bonds is 4. The summed E-state index contributed by atoms with van der Waals surface area (Å²) in [7, 11) is 1.71. The molecule has 0 radical (unpaired) electrons. The summed E-state index contributed by atoms with van der Waals surface area (Å²) in [4.78, 5) is 24.4. The predicted octanol–water partition coefficient (Wildman–Crippen LogP) is 2.25. The van der Waals surface area contributed by atoms with Gasteiger partial charge in [0.2, 0.25) is 0 Å². The van der Waals surface area contributed by atoms with Crippen LogP contribution in [0.2, 0.25) is 0 Å². The third-order valence-electron chi connectivity index (χ3n) is 4.83. The Morgan fingerprint density at radius 1 is 1.04 bits per heavy atom. The fraction of sp³-hybridized carbons (Fsp3) is 0.300. The van der Waals surface area contributed by atoms with Gasteiger partial charge in [0.15, 0.2) is 0 Å². The lowest BCUT2D eigenvalue weighted by Gasteiger charge is -2.36. The molecule has 4 rings (SSSR count). The lowest BCUT2D eigenvalue weighted by molar-refractivity contribution is 0.243. The SMILES string of the molecule is COc1ccccc1N1CCN(Cc2nc3ccccc3c(=O)[nH]2)CC1. The monoisotopic (exact) mass is 350 g/mol. The summed E-state index contributed by atoms with van der Waals surface area (Å²) in [5, 5.41) is 0.636. The van der Waals surface area contributed by atoms with Crippen molar-refractivity contribution in [2.75, 3.05) is 38.2 Å². The number of nitrogens with zero attached hydrogens (tertiary/aromatic N) is 3. The average Bonchev–Trinajstić information content (AvgIpc) is 2.69. The summed E-state index contributed by atoms with van der Waals surface area (Å²) in [5.41, 5.74) is 1.81. The van der Waals surface area contributed by atoms with Crippen LogP contribution in [0.15, 0.2) is 53.3 Å². The zero-order chi connectivity index (χ0) is 17.9.